The van der Waals surface area contributed by atoms with Gasteiger partial charge in [-0.3, -0.25) is 19.5 Å². The summed E-state index contributed by atoms with van der Waals surface area (Å²) >= 11 is 13.3. The lowest BCUT2D eigenvalue weighted by Crippen LogP contribution is -2.55. The average molecular weight is 875 g/mol. The summed E-state index contributed by atoms with van der Waals surface area (Å²) < 4.78 is 2.23. The highest BCUT2D eigenvalue weighted by molar-refractivity contribution is 6.36. The molecule has 12 nitrogen and oxygen atoms in total. The topological polar surface area (TPSA) is 172 Å². The number of nitrogens with zero attached hydrogens (tertiary/aromatic N) is 3. The molecule has 0 saturated carbocycles. The first-order valence-corrected chi connectivity index (χ1v) is 21.8. The highest BCUT2D eigenvalue weighted by Gasteiger charge is 2.28. The van der Waals surface area contributed by atoms with Crippen LogP contribution >= 0.6 is 23.2 Å². The number of anilines is 1. The van der Waals surface area contributed by atoms with Gasteiger partial charge in [0.1, 0.15) is 12.1 Å². The van der Waals surface area contributed by atoms with E-state index in [0.717, 1.165) is 76.5 Å². The van der Waals surface area contributed by atoms with E-state index in [-0.39, 0.29) is 37.8 Å². The second kappa shape index (κ2) is 20.7. The van der Waals surface area contributed by atoms with Crippen LogP contribution in [0.3, 0.4) is 0 Å². The Labute approximate surface area is 372 Å². The number of benzene rings is 5. The first-order valence-electron chi connectivity index (χ1n) is 21.0. The van der Waals surface area contributed by atoms with Gasteiger partial charge in [0.2, 0.25) is 11.8 Å². The summed E-state index contributed by atoms with van der Waals surface area (Å²) in [7, 11) is 0. The van der Waals surface area contributed by atoms with Crippen molar-refractivity contribution in [1.82, 2.24) is 25.4 Å². The summed E-state index contributed by atoms with van der Waals surface area (Å²) in [5.74, 6) is -0.927. The van der Waals surface area contributed by atoms with Crippen molar-refractivity contribution in [2.75, 3.05) is 25.0 Å². The maximum Gasteiger partial charge on any atom is 0.319 e. The second-order valence-electron chi connectivity index (χ2n) is 15.8. The van der Waals surface area contributed by atoms with Crippen LogP contribution in [0.25, 0.3) is 21.7 Å². The quantitative estimate of drug-likeness (QED) is 0.0313. The van der Waals surface area contributed by atoms with E-state index in [1.807, 2.05) is 109 Å². The van der Waals surface area contributed by atoms with Gasteiger partial charge in [0.25, 0.3) is 0 Å². The molecule has 8 N–H and O–H groups in total. The molecule has 4 amide bonds. The largest absolute Gasteiger partial charge is 0.370 e. The van der Waals surface area contributed by atoms with Crippen LogP contribution in [-0.4, -0.2) is 65.0 Å². The Balaban J connectivity index is 1.14. The Morgan fingerprint density at radius 2 is 1.47 bits per heavy atom. The maximum atomic E-state index is 14.3. The number of nitrogens with one attached hydrogen (secondary N) is 4. The summed E-state index contributed by atoms with van der Waals surface area (Å²) in [6.07, 6.45) is 3.18. The zero-order valence-electron chi connectivity index (χ0n) is 34.8. The fourth-order valence-electron chi connectivity index (χ4n) is 8.13. The Bertz CT molecular complexity index is 2550. The van der Waals surface area contributed by atoms with Crippen LogP contribution in [0.1, 0.15) is 53.6 Å². The predicted octanol–water partition coefficient (Wildman–Crippen LogP) is 7.64. The van der Waals surface area contributed by atoms with Crippen molar-refractivity contribution in [3.05, 3.63) is 147 Å². The van der Waals surface area contributed by atoms with Crippen molar-refractivity contribution >= 4 is 74.4 Å². The number of aromatic nitrogens is 1. The summed E-state index contributed by atoms with van der Waals surface area (Å²) in [4.78, 5) is 48.5. The van der Waals surface area contributed by atoms with E-state index in [2.05, 4.69) is 42.7 Å². The molecule has 62 heavy (non-hydrogen) atoms. The molecule has 14 heteroatoms. The molecule has 1 saturated heterocycles. The van der Waals surface area contributed by atoms with Gasteiger partial charge in [-0.2, -0.15) is 0 Å². The number of rotatable bonds is 17. The Hall–Kier alpha value is -6.08. The number of fused-ring (bicyclic) bond motifs is 2. The minimum atomic E-state index is -1.04. The molecule has 0 aliphatic carbocycles. The van der Waals surface area contributed by atoms with Crippen LogP contribution in [0.4, 0.5) is 10.5 Å². The molecule has 0 radical (unpaired) electrons. The number of carbonyl (C=O) groups excluding carboxylic acids is 3. The molecule has 1 aromatic heterocycles. The smallest absolute Gasteiger partial charge is 0.319 e. The highest BCUT2D eigenvalue weighted by Crippen LogP contribution is 2.34. The van der Waals surface area contributed by atoms with Gasteiger partial charge >= 0.3 is 6.03 Å². The van der Waals surface area contributed by atoms with Crippen LogP contribution in [0, 0.1) is 6.92 Å². The number of likely N-dealkylation sites (tertiary alicyclic amines) is 1. The Morgan fingerprint density at radius 3 is 2.21 bits per heavy atom. The first kappa shape index (κ1) is 44.0. The van der Waals surface area contributed by atoms with Crippen molar-refractivity contribution in [3.8, 4) is 0 Å². The molecular weight excluding hydrogens is 821 g/mol. The number of hydrogen-bond acceptors (Lipinski definition) is 5. The van der Waals surface area contributed by atoms with Crippen LogP contribution in [-0.2, 0) is 35.6 Å². The molecule has 322 valence electrons. The van der Waals surface area contributed by atoms with Crippen molar-refractivity contribution in [2.45, 2.75) is 70.7 Å². The number of nitrogens with two attached hydrogens (primary N) is 2. The number of aliphatic imine (C=N–C) groups is 1. The molecule has 2 atom stereocenters. The monoisotopic (exact) mass is 873 g/mol. The van der Waals surface area contributed by atoms with Crippen LogP contribution in [0.5, 0.6) is 0 Å². The molecule has 6 aromatic rings. The number of guanidine groups is 1. The lowest BCUT2D eigenvalue weighted by Gasteiger charge is -2.24. The van der Waals surface area contributed by atoms with Crippen molar-refractivity contribution in [3.63, 3.8) is 0 Å². The van der Waals surface area contributed by atoms with Crippen LogP contribution in [0.15, 0.2) is 114 Å². The fourth-order valence-corrected chi connectivity index (χ4v) is 8.64. The second-order valence-corrected chi connectivity index (χ2v) is 16.6. The highest BCUT2D eigenvalue weighted by atomic mass is 35.5. The van der Waals surface area contributed by atoms with E-state index in [9.17, 15) is 14.4 Å². The molecule has 2 heterocycles. The average Bonchev–Trinajstić information content (AvgIpc) is 3.87. The van der Waals surface area contributed by atoms with Gasteiger partial charge < -0.3 is 37.3 Å². The number of carbonyl (C=O) groups is 3. The third-order valence-corrected chi connectivity index (χ3v) is 12.1. The number of amides is 4. The van der Waals surface area contributed by atoms with E-state index < -0.39 is 24.0 Å². The standard InChI is InChI=1S/C48H53Cl2N9O3/c1-31-38(29-58-23-7-8-24-58)37-27-36(20-21-44(37)59(31)30-39-40(49)15-9-16-41(39)50)55-48(62)57-43(26-33-18-19-34-13-5-6-14-35(34)25-33)46(61)56-42(17-10-22-53-47(51)52)45(60)54-28-32-11-3-2-4-12-32/h2-6,9,11-16,18-21,25,27,42-43H,7-8,10,17,22-24,26,28-30H2,1H3,(H,54,60)(H,56,61)(H4,51,52,53)(H2,55,57,62)/t42-,43-/m0/s1. The third kappa shape index (κ3) is 11.2. The van der Waals surface area contributed by atoms with Crippen LogP contribution < -0.4 is 32.7 Å². The van der Waals surface area contributed by atoms with Gasteiger partial charge in [0.15, 0.2) is 5.96 Å². The van der Waals surface area contributed by atoms with E-state index in [1.165, 1.54) is 5.56 Å². The molecule has 1 fully saturated rings. The van der Waals surface area contributed by atoms with Gasteiger partial charge in [-0.25, -0.2) is 4.79 Å². The predicted molar refractivity (Wildman–Crippen MR) is 250 cm³/mol. The molecule has 0 unspecified atom stereocenters. The number of halogens is 2. The zero-order chi connectivity index (χ0) is 43.6. The van der Waals surface area contributed by atoms with E-state index in [4.69, 9.17) is 34.7 Å². The molecule has 7 rings (SSSR count). The van der Waals surface area contributed by atoms with Crippen molar-refractivity contribution in [1.29, 1.82) is 0 Å². The fraction of sp³-hybridized carbons (Fsp3) is 0.292. The first-order chi connectivity index (χ1) is 30.0. The van der Waals surface area contributed by atoms with Gasteiger partial charge in [-0.1, -0.05) is 102 Å². The molecule has 0 bridgehead atoms. The summed E-state index contributed by atoms with van der Waals surface area (Å²) in [5, 5.41) is 16.1. The zero-order valence-corrected chi connectivity index (χ0v) is 36.3. The third-order valence-electron chi connectivity index (χ3n) is 11.4. The SMILES string of the molecule is Cc1c(CN2CCCC2)c2cc(NC(=O)N[C@@H](Cc3ccc4ccccc4c3)C(=O)N[C@@H](CCCN=C(N)N)C(=O)NCc3ccccc3)ccc2n1Cc1c(Cl)cccc1Cl. The lowest BCUT2D eigenvalue weighted by molar-refractivity contribution is -0.130. The lowest BCUT2D eigenvalue weighted by atomic mass is 10.0. The molecule has 5 aromatic carbocycles. The van der Waals surface area contributed by atoms with Gasteiger partial charge in [0.05, 0.1) is 6.54 Å². The molecular formula is C48H53Cl2N9O3. The minimum Gasteiger partial charge on any atom is -0.370 e. The maximum absolute atomic E-state index is 14.3. The minimum absolute atomic E-state index is 0.0542. The molecule has 1 aliphatic rings. The Morgan fingerprint density at radius 1 is 0.742 bits per heavy atom. The number of hydrogen-bond donors (Lipinski definition) is 6. The molecule has 1 aliphatic heterocycles. The van der Waals surface area contributed by atoms with Gasteiger partial charge in [0, 0.05) is 63.9 Å². The Kier molecular flexibility index (Phi) is 14.7. The van der Waals surface area contributed by atoms with Crippen LogP contribution in [0.2, 0.25) is 10.0 Å². The number of urea groups is 1. The van der Waals surface area contributed by atoms with E-state index in [1.54, 1.807) is 0 Å². The summed E-state index contributed by atoms with van der Waals surface area (Å²) in [5.41, 5.74) is 17.5. The van der Waals surface area contributed by atoms with Crippen molar-refractivity contribution in [2.24, 2.45) is 16.5 Å². The summed E-state index contributed by atoms with van der Waals surface area (Å²) in [6.45, 7) is 5.97. The van der Waals surface area contributed by atoms with Gasteiger partial charge in [-0.05, 0) is 103 Å². The van der Waals surface area contributed by atoms with E-state index >= 15 is 0 Å². The van der Waals surface area contributed by atoms with E-state index in [0.29, 0.717) is 28.7 Å². The summed E-state index contributed by atoms with van der Waals surface area (Å²) in [6, 6.07) is 32.2. The molecule has 0 spiro atoms. The van der Waals surface area contributed by atoms with Crippen molar-refractivity contribution < 1.29 is 14.4 Å². The normalized spacial score (nSPS) is 13.7. The van der Waals surface area contributed by atoms with Gasteiger partial charge in [-0.15, -0.1) is 0 Å².